The van der Waals surface area contributed by atoms with Crippen molar-refractivity contribution in [2.24, 2.45) is 5.92 Å². The van der Waals surface area contributed by atoms with E-state index in [0.717, 1.165) is 11.7 Å². The van der Waals surface area contributed by atoms with Crippen molar-refractivity contribution in [2.45, 2.75) is 30.5 Å². The van der Waals surface area contributed by atoms with Crippen LogP contribution in [0.15, 0.2) is 0 Å². The highest BCUT2D eigenvalue weighted by Gasteiger charge is 2.20. The molecule has 0 bridgehead atoms. The highest BCUT2D eigenvalue weighted by Crippen LogP contribution is 2.12. The number of ether oxygens (including phenoxy) is 2. The quantitative estimate of drug-likeness (QED) is 0.296. The number of aliphatic carboxylic acids is 2. The zero-order valence-corrected chi connectivity index (χ0v) is 13.8. The van der Waals surface area contributed by atoms with Gasteiger partial charge in [-0.15, -0.1) is 0 Å². The van der Waals surface area contributed by atoms with E-state index in [1.165, 1.54) is 0 Å². The van der Waals surface area contributed by atoms with Gasteiger partial charge in [0, 0.05) is 23.7 Å². The molecular formula is C10H22O6Si2. The zero-order valence-electron chi connectivity index (χ0n) is 10.9. The molecule has 0 saturated carbocycles. The SMILES string of the molecule is COC(OC)[SiH2]C[SiH2]CCC(CC(=O)O)C(=O)O. The third-order valence-corrected chi connectivity index (χ3v) is 8.47. The average Bonchev–Trinajstić information content (AvgIpc) is 2.31. The molecule has 0 aliphatic carbocycles. The first-order valence-corrected chi connectivity index (χ1v) is 9.83. The minimum Gasteiger partial charge on any atom is -0.481 e. The van der Waals surface area contributed by atoms with Crippen LogP contribution in [0, 0.1) is 5.92 Å². The summed E-state index contributed by atoms with van der Waals surface area (Å²) in [6.07, 6.45) is 0.201. The Labute approximate surface area is 111 Å². The first-order valence-electron chi connectivity index (χ1n) is 6.01. The zero-order chi connectivity index (χ0) is 14.0. The molecule has 0 aliphatic rings. The standard InChI is InChI=1S/C10H22O6Si2/c1-15-10(16-2)18-6-17-4-3-7(9(13)14)5-8(11)12/h7,10H,3-6,17-18H2,1-2H3,(H,11,12)(H,13,14). The van der Waals surface area contributed by atoms with E-state index >= 15 is 0 Å². The molecule has 0 aromatic carbocycles. The number of methoxy groups -OCH3 is 2. The van der Waals surface area contributed by atoms with Gasteiger partial charge in [0.15, 0.2) is 0 Å². The highest BCUT2D eigenvalue weighted by atomic mass is 28.3. The van der Waals surface area contributed by atoms with Gasteiger partial charge in [-0.05, 0) is 6.42 Å². The average molecular weight is 294 g/mol. The third-order valence-electron chi connectivity index (χ3n) is 2.79. The number of rotatable bonds is 11. The normalized spacial score (nSPS) is 13.9. The van der Waals surface area contributed by atoms with Crippen LogP contribution in [0.25, 0.3) is 0 Å². The highest BCUT2D eigenvalue weighted by molar-refractivity contribution is 6.56. The minimum absolute atomic E-state index is 0.0493. The third kappa shape index (κ3) is 8.39. The Morgan fingerprint density at radius 3 is 2.28 bits per heavy atom. The monoisotopic (exact) mass is 294 g/mol. The first-order chi connectivity index (χ1) is 8.51. The molecule has 0 heterocycles. The molecule has 0 fully saturated rings. The van der Waals surface area contributed by atoms with Crippen molar-refractivity contribution in [3.05, 3.63) is 0 Å². The van der Waals surface area contributed by atoms with E-state index in [9.17, 15) is 9.59 Å². The van der Waals surface area contributed by atoms with Crippen LogP contribution in [0.2, 0.25) is 11.7 Å². The Morgan fingerprint density at radius 1 is 1.22 bits per heavy atom. The lowest BCUT2D eigenvalue weighted by atomic mass is 10.0. The van der Waals surface area contributed by atoms with Crippen molar-refractivity contribution in [2.75, 3.05) is 14.2 Å². The fourth-order valence-electron chi connectivity index (χ4n) is 1.73. The van der Waals surface area contributed by atoms with Crippen molar-refractivity contribution in [1.82, 2.24) is 0 Å². The Bertz CT molecular complexity index is 257. The molecule has 0 spiro atoms. The molecule has 0 rings (SSSR count). The van der Waals surface area contributed by atoms with Crippen LogP contribution < -0.4 is 0 Å². The van der Waals surface area contributed by atoms with E-state index in [2.05, 4.69) is 0 Å². The number of carbonyl (C=O) groups is 2. The fourth-order valence-corrected chi connectivity index (χ4v) is 6.89. The molecule has 0 aromatic rings. The van der Waals surface area contributed by atoms with E-state index in [-0.39, 0.29) is 21.9 Å². The topological polar surface area (TPSA) is 93.1 Å². The summed E-state index contributed by atoms with van der Waals surface area (Å²) in [5.41, 5.74) is 1.14. The van der Waals surface area contributed by atoms with Gasteiger partial charge in [-0.25, -0.2) is 0 Å². The van der Waals surface area contributed by atoms with E-state index in [0.29, 0.717) is 6.42 Å². The van der Waals surface area contributed by atoms with Gasteiger partial charge in [0.05, 0.1) is 21.9 Å². The van der Waals surface area contributed by atoms with Gasteiger partial charge in [-0.2, -0.15) is 0 Å². The number of carboxylic acids is 2. The van der Waals surface area contributed by atoms with Crippen LogP contribution >= 0.6 is 0 Å². The lowest BCUT2D eigenvalue weighted by Crippen LogP contribution is -2.23. The van der Waals surface area contributed by atoms with Crippen molar-refractivity contribution < 1.29 is 29.3 Å². The molecule has 2 N–H and O–H groups in total. The van der Waals surface area contributed by atoms with Crippen LogP contribution in [-0.2, 0) is 19.1 Å². The summed E-state index contributed by atoms with van der Waals surface area (Å²) in [5.74, 6) is -2.84. The summed E-state index contributed by atoms with van der Waals surface area (Å²) in [7, 11) is 2.52. The first kappa shape index (κ1) is 17.3. The largest absolute Gasteiger partial charge is 0.481 e. The summed E-state index contributed by atoms with van der Waals surface area (Å²) in [5, 5.41) is 17.5. The number of hydrogen-bond donors (Lipinski definition) is 2. The summed E-state index contributed by atoms with van der Waals surface area (Å²) in [6.45, 7) is 0. The van der Waals surface area contributed by atoms with Crippen LogP contribution in [0.1, 0.15) is 12.8 Å². The molecule has 0 amide bonds. The Kier molecular flexibility index (Phi) is 9.84. The molecule has 1 unspecified atom stereocenters. The van der Waals surface area contributed by atoms with Crippen LogP contribution in [0.4, 0.5) is 0 Å². The van der Waals surface area contributed by atoms with E-state index < -0.39 is 27.4 Å². The summed E-state index contributed by atoms with van der Waals surface area (Å²) in [6, 6.07) is 0.872. The van der Waals surface area contributed by atoms with Gasteiger partial charge in [0.2, 0.25) is 0 Å². The van der Waals surface area contributed by atoms with Crippen molar-refractivity contribution in [3.8, 4) is 0 Å². The van der Waals surface area contributed by atoms with E-state index in [1.807, 2.05) is 0 Å². The summed E-state index contributed by atoms with van der Waals surface area (Å²) in [4.78, 5) is 21.3. The predicted molar refractivity (Wildman–Crippen MR) is 72.5 cm³/mol. The van der Waals surface area contributed by atoms with Crippen LogP contribution in [0.3, 0.4) is 0 Å². The second-order valence-electron chi connectivity index (χ2n) is 4.17. The molecule has 0 saturated heterocycles. The molecule has 0 aliphatic heterocycles. The summed E-state index contributed by atoms with van der Waals surface area (Å²) < 4.78 is 10.2. The van der Waals surface area contributed by atoms with Crippen molar-refractivity contribution in [3.63, 3.8) is 0 Å². The smallest absolute Gasteiger partial charge is 0.307 e. The number of carboxylic acid groups (broad SMARTS) is 2. The molecule has 0 radical (unpaired) electrons. The molecule has 0 aromatic heterocycles. The Hall–Kier alpha value is -0.706. The maximum atomic E-state index is 10.8. The van der Waals surface area contributed by atoms with Gasteiger partial charge in [0.25, 0.3) is 0 Å². The van der Waals surface area contributed by atoms with E-state index in [1.54, 1.807) is 14.2 Å². The van der Waals surface area contributed by atoms with Gasteiger partial charge in [-0.3, -0.25) is 9.59 Å². The van der Waals surface area contributed by atoms with Crippen LogP contribution in [-0.4, -0.2) is 61.3 Å². The molecule has 1 atom stereocenters. The molecule has 106 valence electrons. The predicted octanol–water partition coefficient (Wildman–Crippen LogP) is -0.740. The van der Waals surface area contributed by atoms with E-state index in [4.69, 9.17) is 19.7 Å². The Balaban J connectivity index is 3.73. The van der Waals surface area contributed by atoms with Gasteiger partial charge >= 0.3 is 11.9 Å². The maximum Gasteiger partial charge on any atom is 0.307 e. The van der Waals surface area contributed by atoms with Crippen molar-refractivity contribution in [1.29, 1.82) is 0 Å². The summed E-state index contributed by atoms with van der Waals surface area (Å²) >= 11 is 0. The van der Waals surface area contributed by atoms with Gasteiger partial charge < -0.3 is 19.7 Å². The molecule has 18 heavy (non-hydrogen) atoms. The molecule has 8 heteroatoms. The Morgan fingerprint density at radius 2 is 1.83 bits per heavy atom. The lowest BCUT2D eigenvalue weighted by molar-refractivity contribution is -0.148. The van der Waals surface area contributed by atoms with Crippen LogP contribution in [0.5, 0.6) is 0 Å². The second-order valence-corrected chi connectivity index (χ2v) is 9.66. The lowest BCUT2D eigenvalue weighted by Gasteiger charge is -2.12. The minimum atomic E-state index is -1.04. The second kappa shape index (κ2) is 10.2. The van der Waals surface area contributed by atoms with Gasteiger partial charge in [-0.1, -0.05) is 11.7 Å². The fraction of sp³-hybridized carbons (Fsp3) is 0.800. The molecule has 6 nitrogen and oxygen atoms in total. The number of hydrogen-bond acceptors (Lipinski definition) is 4. The van der Waals surface area contributed by atoms with Gasteiger partial charge in [0.1, 0.15) is 5.91 Å². The molecular weight excluding hydrogens is 272 g/mol. The van der Waals surface area contributed by atoms with Crippen molar-refractivity contribution >= 4 is 31.0 Å². The maximum absolute atomic E-state index is 10.8.